The zero-order chi connectivity index (χ0) is 27.2. The van der Waals surface area contributed by atoms with Crippen molar-refractivity contribution in [1.29, 1.82) is 0 Å². The van der Waals surface area contributed by atoms with E-state index in [2.05, 4.69) is 111 Å². The Kier molecular flexibility index (Phi) is 5.38. The maximum absolute atomic E-state index is 6.01. The molecule has 0 amide bonds. The third kappa shape index (κ3) is 3.86. The monoisotopic (exact) mass is 526 g/mol. The zero-order valence-electron chi connectivity index (χ0n) is 21.9. The molecule has 0 atom stereocenters. The number of rotatable bonds is 4. The van der Waals surface area contributed by atoms with Crippen LogP contribution in [0, 0.1) is 0 Å². The van der Waals surface area contributed by atoms with Crippen molar-refractivity contribution in [1.82, 2.24) is 20.4 Å². The van der Waals surface area contributed by atoms with E-state index in [0.29, 0.717) is 11.8 Å². The Morgan fingerprint density at radius 1 is 0.390 bits per heavy atom. The third-order valence-electron chi connectivity index (χ3n) is 7.66. The van der Waals surface area contributed by atoms with Gasteiger partial charge in [-0.15, -0.1) is 10.2 Å². The number of hydrogen-bond donors (Lipinski definition) is 0. The molecule has 0 N–H and O–H groups in total. The molecule has 2 heterocycles. The zero-order valence-corrected chi connectivity index (χ0v) is 21.9. The quantitative estimate of drug-likeness (QED) is 0.214. The Balaban J connectivity index is 1.31. The van der Waals surface area contributed by atoms with E-state index in [9.17, 15) is 0 Å². The van der Waals surface area contributed by atoms with E-state index < -0.39 is 0 Å². The van der Waals surface area contributed by atoms with Crippen LogP contribution in [0.5, 0.6) is 0 Å². The first kappa shape index (κ1) is 23.2. The largest absolute Gasteiger partial charge is 0.416 e. The molecular formula is C36H22N4O. The molecule has 0 unspecified atom stereocenters. The van der Waals surface area contributed by atoms with E-state index in [1.165, 1.54) is 32.7 Å². The minimum atomic E-state index is 0.500. The Bertz CT molecular complexity index is 2140. The number of fused-ring (bicyclic) bond motifs is 3. The second-order valence-corrected chi connectivity index (χ2v) is 9.99. The Morgan fingerprint density at radius 3 is 1.59 bits per heavy atom. The lowest BCUT2D eigenvalue weighted by Crippen LogP contribution is -1.92. The van der Waals surface area contributed by atoms with Gasteiger partial charge in [-0.3, -0.25) is 0 Å². The summed E-state index contributed by atoms with van der Waals surface area (Å²) in [5.74, 6) is 1.01. The lowest BCUT2D eigenvalue weighted by Gasteiger charge is -2.18. The first-order valence-electron chi connectivity index (χ1n) is 13.5. The van der Waals surface area contributed by atoms with E-state index in [-0.39, 0.29) is 0 Å². The van der Waals surface area contributed by atoms with E-state index in [0.717, 1.165) is 33.0 Å². The van der Waals surface area contributed by atoms with Crippen molar-refractivity contribution in [2.24, 2.45) is 0 Å². The number of aromatic nitrogens is 4. The summed E-state index contributed by atoms with van der Waals surface area (Å²) in [4.78, 5) is 0. The Morgan fingerprint density at radius 2 is 0.927 bits per heavy atom. The maximum Gasteiger partial charge on any atom is 0.248 e. The van der Waals surface area contributed by atoms with Crippen LogP contribution < -0.4 is 0 Å². The molecule has 41 heavy (non-hydrogen) atoms. The summed E-state index contributed by atoms with van der Waals surface area (Å²) < 4.78 is 6.01. The van der Waals surface area contributed by atoms with Crippen molar-refractivity contribution in [2.45, 2.75) is 0 Å². The molecule has 5 heteroatoms. The first-order chi connectivity index (χ1) is 20.3. The summed E-state index contributed by atoms with van der Waals surface area (Å²) in [6.45, 7) is 0. The van der Waals surface area contributed by atoms with Crippen molar-refractivity contribution in [2.75, 3.05) is 0 Å². The number of nitrogens with zero attached hydrogens (tertiary/aromatic N) is 4. The molecule has 0 radical (unpaired) electrons. The van der Waals surface area contributed by atoms with Gasteiger partial charge in [-0.25, -0.2) is 0 Å². The molecule has 0 aliphatic rings. The van der Waals surface area contributed by atoms with Crippen LogP contribution in [0.3, 0.4) is 0 Å². The predicted octanol–water partition coefficient (Wildman–Crippen LogP) is 8.99. The smallest absolute Gasteiger partial charge is 0.248 e. The van der Waals surface area contributed by atoms with Crippen molar-refractivity contribution >= 4 is 32.3 Å². The molecule has 6 aromatic carbocycles. The second-order valence-electron chi connectivity index (χ2n) is 9.99. The predicted molar refractivity (Wildman–Crippen MR) is 164 cm³/mol. The fourth-order valence-electron chi connectivity index (χ4n) is 5.79. The van der Waals surface area contributed by atoms with Gasteiger partial charge in [0.15, 0.2) is 0 Å². The van der Waals surface area contributed by atoms with Gasteiger partial charge in [0.2, 0.25) is 11.8 Å². The van der Waals surface area contributed by atoms with Gasteiger partial charge in [0.05, 0.1) is 12.4 Å². The number of hydrogen-bond acceptors (Lipinski definition) is 5. The molecule has 0 aliphatic heterocycles. The van der Waals surface area contributed by atoms with Gasteiger partial charge in [0.25, 0.3) is 0 Å². The summed E-state index contributed by atoms with van der Waals surface area (Å²) in [6.07, 6.45) is 3.69. The van der Waals surface area contributed by atoms with Gasteiger partial charge in [0.1, 0.15) is 0 Å². The normalized spacial score (nSPS) is 11.4. The van der Waals surface area contributed by atoms with E-state index in [1.807, 2.05) is 42.7 Å². The summed E-state index contributed by atoms with van der Waals surface area (Å²) in [6, 6.07) is 41.9. The Hall–Kier alpha value is -5.68. The molecule has 0 spiro atoms. The van der Waals surface area contributed by atoms with Crippen LogP contribution in [0.4, 0.5) is 0 Å². The molecule has 0 fully saturated rings. The SMILES string of the molecule is c1ccc(-c2nnc(-c3ccc(-c4c5ccccc5c(-c5cccc6cnncc56)c5ccccc45)cc3)o2)cc1. The summed E-state index contributed by atoms with van der Waals surface area (Å²) in [5.41, 5.74) is 6.46. The molecule has 0 saturated carbocycles. The van der Waals surface area contributed by atoms with E-state index in [1.54, 1.807) is 0 Å². The van der Waals surface area contributed by atoms with Crippen LogP contribution in [-0.4, -0.2) is 20.4 Å². The molecule has 0 aliphatic carbocycles. The molecule has 2 aromatic heterocycles. The molecule has 0 bridgehead atoms. The van der Waals surface area contributed by atoms with E-state index in [4.69, 9.17) is 4.42 Å². The molecule has 8 rings (SSSR count). The second kappa shape index (κ2) is 9.50. The van der Waals surface area contributed by atoms with Crippen molar-refractivity contribution in [3.05, 3.63) is 134 Å². The summed E-state index contributed by atoms with van der Waals surface area (Å²) in [5, 5.41) is 23.8. The van der Waals surface area contributed by atoms with Crippen LogP contribution >= 0.6 is 0 Å². The average molecular weight is 527 g/mol. The first-order valence-corrected chi connectivity index (χ1v) is 13.5. The molecule has 0 saturated heterocycles. The number of benzene rings is 6. The lowest BCUT2D eigenvalue weighted by atomic mass is 9.85. The average Bonchev–Trinajstić information content (AvgIpc) is 3.55. The molecular weight excluding hydrogens is 504 g/mol. The lowest BCUT2D eigenvalue weighted by molar-refractivity contribution is 0.584. The van der Waals surface area contributed by atoms with Crippen LogP contribution in [0.25, 0.3) is 77.5 Å². The highest BCUT2D eigenvalue weighted by Gasteiger charge is 2.18. The van der Waals surface area contributed by atoms with Gasteiger partial charge in [0, 0.05) is 21.9 Å². The highest BCUT2D eigenvalue weighted by Crippen LogP contribution is 2.45. The molecule has 5 nitrogen and oxygen atoms in total. The van der Waals surface area contributed by atoms with Crippen LogP contribution in [-0.2, 0) is 0 Å². The fraction of sp³-hybridized carbons (Fsp3) is 0. The minimum absolute atomic E-state index is 0.500. The van der Waals surface area contributed by atoms with Gasteiger partial charge in [-0.05, 0) is 68.1 Å². The van der Waals surface area contributed by atoms with Crippen molar-refractivity contribution < 1.29 is 4.42 Å². The molecule has 8 aromatic rings. The minimum Gasteiger partial charge on any atom is -0.416 e. The van der Waals surface area contributed by atoms with Crippen LogP contribution in [0.1, 0.15) is 0 Å². The van der Waals surface area contributed by atoms with Crippen molar-refractivity contribution in [3.63, 3.8) is 0 Å². The topological polar surface area (TPSA) is 64.7 Å². The highest BCUT2D eigenvalue weighted by atomic mass is 16.4. The standard InChI is InChI=1S/C36H22N4O/c1-2-9-24(10-3-1)35-39-40-36(41-35)25-19-17-23(18-20-25)33-27-12-4-6-14-29(27)34(30-15-7-5-13-28(30)33)31-16-8-11-26-21-37-38-22-32(26)31/h1-22H. The van der Waals surface area contributed by atoms with Crippen LogP contribution in [0.15, 0.2) is 138 Å². The molecule has 192 valence electrons. The highest BCUT2D eigenvalue weighted by molar-refractivity contribution is 6.23. The van der Waals surface area contributed by atoms with Crippen molar-refractivity contribution in [3.8, 4) is 45.2 Å². The van der Waals surface area contributed by atoms with E-state index >= 15 is 0 Å². The van der Waals surface area contributed by atoms with Gasteiger partial charge < -0.3 is 4.42 Å². The Labute approximate surface area is 235 Å². The maximum atomic E-state index is 6.01. The van der Waals surface area contributed by atoms with Gasteiger partial charge in [-0.2, -0.15) is 10.2 Å². The summed E-state index contributed by atoms with van der Waals surface area (Å²) in [7, 11) is 0. The van der Waals surface area contributed by atoms with Crippen LogP contribution in [0.2, 0.25) is 0 Å². The van der Waals surface area contributed by atoms with Gasteiger partial charge in [-0.1, -0.05) is 97.1 Å². The fourth-order valence-corrected chi connectivity index (χ4v) is 5.79. The third-order valence-corrected chi connectivity index (χ3v) is 7.66. The van der Waals surface area contributed by atoms with Gasteiger partial charge >= 0.3 is 0 Å². The summed E-state index contributed by atoms with van der Waals surface area (Å²) >= 11 is 0.